The fraction of sp³-hybridized carbons (Fsp3) is 0.185. The molecule has 0 radical (unpaired) electrons. The number of rotatable bonds is 5. The van der Waals surface area contributed by atoms with Crippen LogP contribution in [0.4, 0.5) is 0 Å². The lowest BCUT2D eigenvalue weighted by atomic mass is 10.1. The van der Waals surface area contributed by atoms with E-state index in [0.717, 1.165) is 22.5 Å². The highest BCUT2D eigenvalue weighted by atomic mass is 16.5. The molecule has 0 N–H and O–H groups in total. The Labute approximate surface area is 187 Å². The van der Waals surface area contributed by atoms with Gasteiger partial charge in [0, 0.05) is 16.8 Å². The molecule has 5 heteroatoms. The molecule has 0 spiro atoms. The number of ether oxygens (including phenoxy) is 2. The highest BCUT2D eigenvalue weighted by Gasteiger charge is 2.23. The second-order valence-corrected chi connectivity index (χ2v) is 7.72. The molecule has 0 fully saturated rings. The smallest absolute Gasteiger partial charge is 0.343 e. The number of carbonyl (C=O) groups is 2. The lowest BCUT2D eigenvalue weighted by Crippen LogP contribution is -2.08. The summed E-state index contributed by atoms with van der Waals surface area (Å²) >= 11 is 0. The first-order chi connectivity index (χ1) is 15.4. The van der Waals surface area contributed by atoms with Crippen LogP contribution in [0, 0.1) is 20.8 Å². The molecule has 0 aliphatic carbocycles. The zero-order valence-electron chi connectivity index (χ0n) is 18.6. The first kappa shape index (κ1) is 21.4. The van der Waals surface area contributed by atoms with Crippen LogP contribution in [0.1, 0.15) is 44.5 Å². The predicted molar refractivity (Wildman–Crippen MR) is 125 cm³/mol. The summed E-state index contributed by atoms with van der Waals surface area (Å²) in [7, 11) is 0. The number of hydrogen-bond donors (Lipinski definition) is 0. The van der Waals surface area contributed by atoms with Gasteiger partial charge in [0.1, 0.15) is 5.75 Å². The van der Waals surface area contributed by atoms with E-state index in [0.29, 0.717) is 22.3 Å². The number of aryl methyl sites for hydroxylation is 2. The Balaban J connectivity index is 1.85. The third kappa shape index (κ3) is 3.89. The lowest BCUT2D eigenvalue weighted by molar-refractivity contribution is 0.0527. The molecule has 3 aromatic carbocycles. The van der Waals surface area contributed by atoms with Crippen LogP contribution in [-0.4, -0.2) is 23.1 Å². The normalized spacial score (nSPS) is 10.9. The van der Waals surface area contributed by atoms with Crippen LogP contribution < -0.4 is 4.74 Å². The molecule has 4 rings (SSSR count). The maximum Gasteiger partial charge on any atom is 0.343 e. The second kappa shape index (κ2) is 8.71. The lowest BCUT2D eigenvalue weighted by Gasteiger charge is -2.11. The van der Waals surface area contributed by atoms with Gasteiger partial charge in [-0.25, -0.2) is 9.59 Å². The minimum atomic E-state index is -0.451. The van der Waals surface area contributed by atoms with Crippen LogP contribution in [0.25, 0.3) is 16.6 Å². The fourth-order valence-electron chi connectivity index (χ4n) is 3.86. The standard InChI is InChI=1S/C27H25NO4/c1-5-31-27(30)25-19(4)28(21-12-11-17(2)18(3)15-21)24-14-13-22(16-23(24)25)32-26(29)20-9-7-6-8-10-20/h6-16H,5H2,1-4H3. The summed E-state index contributed by atoms with van der Waals surface area (Å²) in [5, 5.41) is 0.678. The van der Waals surface area contributed by atoms with Gasteiger partial charge in [0.15, 0.2) is 0 Å². The Hall–Kier alpha value is -3.86. The first-order valence-corrected chi connectivity index (χ1v) is 10.6. The molecule has 5 nitrogen and oxygen atoms in total. The zero-order valence-corrected chi connectivity index (χ0v) is 18.6. The Bertz CT molecular complexity index is 1320. The minimum absolute atomic E-state index is 0.275. The van der Waals surface area contributed by atoms with E-state index in [1.54, 1.807) is 43.3 Å². The maximum atomic E-state index is 12.9. The van der Waals surface area contributed by atoms with Crippen molar-refractivity contribution in [2.75, 3.05) is 6.61 Å². The van der Waals surface area contributed by atoms with Crippen molar-refractivity contribution in [3.63, 3.8) is 0 Å². The Morgan fingerprint density at radius 3 is 2.28 bits per heavy atom. The fourth-order valence-corrected chi connectivity index (χ4v) is 3.86. The molecule has 0 bridgehead atoms. The molecule has 0 aliphatic rings. The molecule has 162 valence electrons. The van der Waals surface area contributed by atoms with Gasteiger partial charge in [0.05, 0.1) is 23.3 Å². The number of hydrogen-bond acceptors (Lipinski definition) is 4. The average Bonchev–Trinajstić information content (AvgIpc) is 3.07. The SMILES string of the molecule is CCOC(=O)c1c(C)n(-c2ccc(C)c(C)c2)c2ccc(OC(=O)c3ccccc3)cc12. The quantitative estimate of drug-likeness (QED) is 0.292. The molecule has 1 aromatic heterocycles. The van der Waals surface area contributed by atoms with Crippen molar-refractivity contribution in [3.05, 3.63) is 94.7 Å². The van der Waals surface area contributed by atoms with Gasteiger partial charge in [-0.05, 0) is 81.3 Å². The van der Waals surface area contributed by atoms with Gasteiger partial charge in [-0.15, -0.1) is 0 Å². The summed E-state index contributed by atoms with van der Waals surface area (Å²) in [5.74, 6) is -0.480. The number of aromatic nitrogens is 1. The summed E-state index contributed by atoms with van der Waals surface area (Å²) in [6.07, 6.45) is 0. The van der Waals surface area contributed by atoms with Gasteiger partial charge in [-0.2, -0.15) is 0 Å². The van der Waals surface area contributed by atoms with E-state index < -0.39 is 11.9 Å². The van der Waals surface area contributed by atoms with Crippen molar-refractivity contribution in [1.29, 1.82) is 0 Å². The molecule has 4 aromatic rings. The van der Waals surface area contributed by atoms with Crippen molar-refractivity contribution in [3.8, 4) is 11.4 Å². The van der Waals surface area contributed by atoms with Gasteiger partial charge in [-0.1, -0.05) is 24.3 Å². The molecule has 1 heterocycles. The van der Waals surface area contributed by atoms with E-state index in [-0.39, 0.29) is 6.61 Å². The monoisotopic (exact) mass is 427 g/mol. The minimum Gasteiger partial charge on any atom is -0.462 e. The summed E-state index contributed by atoms with van der Waals surface area (Å²) in [5.41, 5.74) is 5.86. The predicted octanol–water partition coefficient (Wildman–Crippen LogP) is 5.95. The molecule has 0 aliphatic heterocycles. The molecule has 0 saturated carbocycles. The maximum absolute atomic E-state index is 12.9. The molecular formula is C27H25NO4. The number of esters is 2. The Morgan fingerprint density at radius 1 is 0.844 bits per heavy atom. The number of fused-ring (bicyclic) bond motifs is 1. The van der Waals surface area contributed by atoms with Crippen LogP contribution in [0.2, 0.25) is 0 Å². The molecular weight excluding hydrogens is 402 g/mol. The van der Waals surface area contributed by atoms with Gasteiger partial charge in [0.25, 0.3) is 0 Å². The van der Waals surface area contributed by atoms with E-state index in [4.69, 9.17) is 9.47 Å². The highest BCUT2D eigenvalue weighted by Crippen LogP contribution is 2.33. The second-order valence-electron chi connectivity index (χ2n) is 7.72. The van der Waals surface area contributed by atoms with Crippen molar-refractivity contribution >= 4 is 22.8 Å². The Kier molecular flexibility index (Phi) is 5.82. The van der Waals surface area contributed by atoms with E-state index in [9.17, 15) is 9.59 Å². The van der Waals surface area contributed by atoms with Crippen molar-refractivity contribution in [2.24, 2.45) is 0 Å². The zero-order chi connectivity index (χ0) is 22.8. The third-order valence-corrected chi connectivity index (χ3v) is 5.62. The first-order valence-electron chi connectivity index (χ1n) is 10.6. The summed E-state index contributed by atoms with van der Waals surface area (Å²) in [6.45, 7) is 8.08. The highest BCUT2D eigenvalue weighted by molar-refractivity contribution is 6.07. The summed E-state index contributed by atoms with van der Waals surface area (Å²) in [4.78, 5) is 25.4. The summed E-state index contributed by atoms with van der Waals surface area (Å²) < 4.78 is 13.0. The van der Waals surface area contributed by atoms with Crippen molar-refractivity contribution < 1.29 is 19.1 Å². The van der Waals surface area contributed by atoms with Crippen LogP contribution in [0.5, 0.6) is 5.75 Å². The van der Waals surface area contributed by atoms with E-state index >= 15 is 0 Å². The van der Waals surface area contributed by atoms with Crippen LogP contribution >= 0.6 is 0 Å². The van der Waals surface area contributed by atoms with E-state index in [1.165, 1.54) is 5.56 Å². The van der Waals surface area contributed by atoms with E-state index in [1.807, 2.05) is 29.7 Å². The summed E-state index contributed by atoms with van der Waals surface area (Å²) in [6, 6.07) is 20.3. The van der Waals surface area contributed by atoms with Crippen LogP contribution in [0.3, 0.4) is 0 Å². The van der Waals surface area contributed by atoms with Crippen LogP contribution in [0.15, 0.2) is 66.7 Å². The number of benzene rings is 3. The van der Waals surface area contributed by atoms with Gasteiger partial charge >= 0.3 is 11.9 Å². The Morgan fingerprint density at radius 2 is 1.59 bits per heavy atom. The topological polar surface area (TPSA) is 57.5 Å². The van der Waals surface area contributed by atoms with Crippen LogP contribution in [-0.2, 0) is 4.74 Å². The molecule has 0 saturated heterocycles. The van der Waals surface area contributed by atoms with Gasteiger partial charge in [-0.3, -0.25) is 0 Å². The van der Waals surface area contributed by atoms with Gasteiger partial charge < -0.3 is 14.0 Å². The largest absolute Gasteiger partial charge is 0.462 e. The molecule has 0 atom stereocenters. The number of carbonyl (C=O) groups excluding carboxylic acids is 2. The van der Waals surface area contributed by atoms with Gasteiger partial charge in [0.2, 0.25) is 0 Å². The van der Waals surface area contributed by atoms with Crippen molar-refractivity contribution in [1.82, 2.24) is 4.57 Å². The molecule has 32 heavy (non-hydrogen) atoms. The molecule has 0 amide bonds. The number of nitrogens with zero attached hydrogens (tertiary/aromatic N) is 1. The molecule has 0 unspecified atom stereocenters. The third-order valence-electron chi connectivity index (χ3n) is 5.62. The average molecular weight is 428 g/mol. The van der Waals surface area contributed by atoms with Crippen molar-refractivity contribution in [2.45, 2.75) is 27.7 Å². The van der Waals surface area contributed by atoms with E-state index in [2.05, 4.69) is 26.0 Å².